The van der Waals surface area contributed by atoms with Gasteiger partial charge in [-0.2, -0.15) is 5.26 Å². The fourth-order valence-corrected chi connectivity index (χ4v) is 1.29. The minimum atomic E-state index is -0.109. The molecule has 1 unspecified atom stereocenters. The summed E-state index contributed by atoms with van der Waals surface area (Å²) < 4.78 is 5.64. The molecule has 0 amide bonds. The molecule has 1 atom stereocenters. The highest BCUT2D eigenvalue weighted by atomic mass is 16.5. The minimum absolute atomic E-state index is 0.0390. The van der Waals surface area contributed by atoms with E-state index < -0.39 is 0 Å². The lowest BCUT2D eigenvalue weighted by Crippen LogP contribution is -2.30. The highest BCUT2D eigenvalue weighted by Gasteiger charge is 2.28. The summed E-state index contributed by atoms with van der Waals surface area (Å²) in [5, 5.41) is 8.73. The smallest absolute Gasteiger partial charge is 0.0818 e. The van der Waals surface area contributed by atoms with Crippen molar-refractivity contribution >= 4 is 0 Å². The first-order chi connectivity index (χ1) is 6.44. The zero-order valence-electron chi connectivity index (χ0n) is 9.92. The number of rotatable bonds is 5. The van der Waals surface area contributed by atoms with Crippen LogP contribution in [0.2, 0.25) is 0 Å². The lowest BCUT2D eigenvalue weighted by molar-refractivity contribution is 0.0152. The first kappa shape index (κ1) is 13.2. The highest BCUT2D eigenvalue weighted by molar-refractivity contribution is 5.05. The second-order valence-electron chi connectivity index (χ2n) is 4.44. The average Bonchev–Trinajstić information content (AvgIpc) is 2.02. The molecule has 14 heavy (non-hydrogen) atoms. The zero-order chi connectivity index (χ0) is 11.2. The van der Waals surface area contributed by atoms with Crippen molar-refractivity contribution in [3.05, 3.63) is 11.6 Å². The van der Waals surface area contributed by atoms with Crippen molar-refractivity contribution in [2.24, 2.45) is 5.41 Å². The Hall–Kier alpha value is -0.810. The Bertz CT molecular complexity index is 231. The molecule has 0 N–H and O–H groups in total. The quantitative estimate of drug-likeness (QED) is 0.630. The van der Waals surface area contributed by atoms with E-state index in [1.807, 2.05) is 6.92 Å². The summed E-state index contributed by atoms with van der Waals surface area (Å²) in [7, 11) is 0. The average molecular weight is 195 g/mol. The van der Waals surface area contributed by atoms with Gasteiger partial charge in [-0.05, 0) is 20.8 Å². The van der Waals surface area contributed by atoms with Gasteiger partial charge in [0.05, 0.1) is 12.2 Å². The summed E-state index contributed by atoms with van der Waals surface area (Å²) in [5.41, 5.74) is 1.12. The molecular formula is C12H21NO. The third kappa shape index (κ3) is 4.43. The largest absolute Gasteiger partial charge is 0.374 e. The molecule has 0 saturated carbocycles. The molecule has 0 spiro atoms. The Balaban J connectivity index is 4.64. The Morgan fingerprint density at radius 2 is 2.07 bits per heavy atom. The second-order valence-corrected chi connectivity index (χ2v) is 4.44. The summed E-state index contributed by atoms with van der Waals surface area (Å²) in [4.78, 5) is 0. The lowest BCUT2D eigenvalue weighted by Gasteiger charge is -2.30. The van der Waals surface area contributed by atoms with Gasteiger partial charge in [0.2, 0.25) is 0 Å². The van der Waals surface area contributed by atoms with Crippen molar-refractivity contribution < 1.29 is 4.74 Å². The van der Waals surface area contributed by atoms with E-state index in [2.05, 4.69) is 39.8 Å². The fourth-order valence-electron chi connectivity index (χ4n) is 1.29. The molecular weight excluding hydrogens is 174 g/mol. The number of allylic oxidation sites excluding steroid dienone is 1. The van der Waals surface area contributed by atoms with Crippen LogP contribution in [0, 0.1) is 16.7 Å². The van der Waals surface area contributed by atoms with Crippen molar-refractivity contribution in [2.45, 2.75) is 47.1 Å². The van der Waals surface area contributed by atoms with Gasteiger partial charge in [0.25, 0.3) is 0 Å². The van der Waals surface area contributed by atoms with Crippen molar-refractivity contribution in [1.82, 2.24) is 0 Å². The van der Waals surface area contributed by atoms with E-state index in [0.717, 1.165) is 0 Å². The van der Waals surface area contributed by atoms with E-state index in [1.165, 1.54) is 5.57 Å². The Morgan fingerprint density at radius 1 is 1.50 bits per heavy atom. The van der Waals surface area contributed by atoms with Gasteiger partial charge in [-0.25, -0.2) is 0 Å². The zero-order valence-corrected chi connectivity index (χ0v) is 9.92. The predicted molar refractivity (Wildman–Crippen MR) is 58.9 cm³/mol. The van der Waals surface area contributed by atoms with Gasteiger partial charge in [-0.3, -0.25) is 0 Å². The first-order valence-corrected chi connectivity index (χ1v) is 5.07. The van der Waals surface area contributed by atoms with E-state index in [-0.39, 0.29) is 11.5 Å². The predicted octanol–water partition coefficient (Wildman–Crippen LogP) is 3.30. The number of ether oxygens (including phenoxy) is 1. The van der Waals surface area contributed by atoms with Crippen molar-refractivity contribution in [2.75, 3.05) is 6.61 Å². The summed E-state index contributed by atoms with van der Waals surface area (Å²) in [5.74, 6) is 0. The molecule has 0 aliphatic heterocycles. The van der Waals surface area contributed by atoms with Crippen molar-refractivity contribution in [3.63, 3.8) is 0 Å². The third-order valence-electron chi connectivity index (χ3n) is 2.14. The first-order valence-electron chi connectivity index (χ1n) is 5.07. The molecule has 0 radical (unpaired) electrons. The van der Waals surface area contributed by atoms with Gasteiger partial charge >= 0.3 is 0 Å². The maximum Gasteiger partial charge on any atom is 0.0818 e. The molecule has 80 valence electrons. The van der Waals surface area contributed by atoms with E-state index in [9.17, 15) is 0 Å². The van der Waals surface area contributed by atoms with E-state index in [1.54, 1.807) is 0 Å². The van der Waals surface area contributed by atoms with Crippen LogP contribution >= 0.6 is 0 Å². The van der Waals surface area contributed by atoms with Crippen molar-refractivity contribution in [3.8, 4) is 6.07 Å². The van der Waals surface area contributed by atoms with Crippen LogP contribution in [0.3, 0.4) is 0 Å². The molecule has 0 heterocycles. The van der Waals surface area contributed by atoms with Crippen LogP contribution in [0.5, 0.6) is 0 Å². The molecule has 2 nitrogen and oxygen atoms in total. The van der Waals surface area contributed by atoms with Crippen LogP contribution in [0.1, 0.15) is 41.0 Å². The second kappa shape index (κ2) is 5.82. The maximum atomic E-state index is 8.73. The lowest BCUT2D eigenvalue weighted by atomic mass is 9.83. The molecule has 0 fully saturated rings. The topological polar surface area (TPSA) is 33.0 Å². The maximum absolute atomic E-state index is 8.73. The molecule has 0 aromatic heterocycles. The van der Waals surface area contributed by atoms with Gasteiger partial charge < -0.3 is 4.74 Å². The third-order valence-corrected chi connectivity index (χ3v) is 2.14. The summed E-state index contributed by atoms with van der Waals surface area (Å²) in [6.07, 6.45) is 2.65. The standard InChI is InChI=1S/C12H21NO/c1-6-14-11(9-10(2)3)12(4,5)7-8-13/h9,11H,6-7H2,1-5H3. The van der Waals surface area contributed by atoms with E-state index in [4.69, 9.17) is 10.00 Å². The Labute approximate surface area is 87.6 Å². The SMILES string of the molecule is CCOC(C=C(C)C)C(C)(C)CC#N. The van der Waals surface area contributed by atoms with Crippen LogP contribution in [-0.4, -0.2) is 12.7 Å². The molecule has 2 heteroatoms. The summed E-state index contributed by atoms with van der Waals surface area (Å²) in [6, 6.07) is 2.21. The fraction of sp³-hybridized carbons (Fsp3) is 0.750. The van der Waals surface area contributed by atoms with E-state index in [0.29, 0.717) is 13.0 Å². The minimum Gasteiger partial charge on any atom is -0.374 e. The Kier molecular flexibility index (Phi) is 5.49. The van der Waals surface area contributed by atoms with Gasteiger partial charge in [-0.15, -0.1) is 0 Å². The molecule has 0 saturated heterocycles. The van der Waals surface area contributed by atoms with Crippen LogP contribution in [0.25, 0.3) is 0 Å². The summed E-state index contributed by atoms with van der Waals surface area (Å²) in [6.45, 7) is 10.9. The number of hydrogen-bond acceptors (Lipinski definition) is 2. The molecule has 0 aromatic carbocycles. The van der Waals surface area contributed by atoms with E-state index >= 15 is 0 Å². The van der Waals surface area contributed by atoms with Crippen LogP contribution in [0.4, 0.5) is 0 Å². The normalized spacial score (nSPS) is 13.1. The number of hydrogen-bond donors (Lipinski definition) is 0. The van der Waals surface area contributed by atoms with Crippen LogP contribution in [-0.2, 0) is 4.74 Å². The van der Waals surface area contributed by atoms with Gasteiger partial charge in [0.15, 0.2) is 0 Å². The Morgan fingerprint density at radius 3 is 2.43 bits per heavy atom. The summed E-state index contributed by atoms with van der Waals surface area (Å²) >= 11 is 0. The molecule has 0 aromatic rings. The molecule has 0 rings (SSSR count). The molecule has 0 aliphatic carbocycles. The van der Waals surface area contributed by atoms with Crippen LogP contribution in [0.15, 0.2) is 11.6 Å². The molecule has 0 bridgehead atoms. The van der Waals surface area contributed by atoms with Crippen molar-refractivity contribution in [1.29, 1.82) is 5.26 Å². The van der Waals surface area contributed by atoms with Gasteiger partial charge in [-0.1, -0.05) is 25.5 Å². The molecule has 0 aliphatic rings. The highest BCUT2D eigenvalue weighted by Crippen LogP contribution is 2.28. The monoisotopic (exact) mass is 195 g/mol. The number of nitrogens with zero attached hydrogens (tertiary/aromatic N) is 1. The number of nitriles is 1. The van der Waals surface area contributed by atoms with Gasteiger partial charge in [0, 0.05) is 18.4 Å². The van der Waals surface area contributed by atoms with Gasteiger partial charge in [0.1, 0.15) is 0 Å². The van der Waals surface area contributed by atoms with Crippen LogP contribution < -0.4 is 0 Å².